The van der Waals surface area contributed by atoms with Gasteiger partial charge in [0.2, 0.25) is 0 Å². The van der Waals surface area contributed by atoms with Gasteiger partial charge >= 0.3 is 0 Å². The van der Waals surface area contributed by atoms with Crippen LogP contribution in [-0.4, -0.2) is 34.5 Å². The van der Waals surface area contributed by atoms with Crippen molar-refractivity contribution >= 4 is 18.8 Å². The van der Waals surface area contributed by atoms with E-state index >= 15 is 0 Å². The summed E-state index contributed by atoms with van der Waals surface area (Å²) in [6.45, 7) is 6.90. The lowest BCUT2D eigenvalue weighted by atomic mass is 10.1. The molecule has 1 aliphatic rings. The van der Waals surface area contributed by atoms with Crippen molar-refractivity contribution in [2.75, 3.05) is 13.1 Å². The van der Waals surface area contributed by atoms with Crippen molar-refractivity contribution < 1.29 is 0 Å². The van der Waals surface area contributed by atoms with Gasteiger partial charge in [0, 0.05) is 25.2 Å². The molecule has 4 heteroatoms. The summed E-state index contributed by atoms with van der Waals surface area (Å²) in [5.41, 5.74) is 0. The lowest BCUT2D eigenvalue weighted by Gasteiger charge is -2.41. The summed E-state index contributed by atoms with van der Waals surface area (Å²) in [6.07, 6.45) is 3.99. The molecule has 78 valence electrons. The Labute approximate surface area is 86.9 Å². The van der Waals surface area contributed by atoms with Gasteiger partial charge in [-0.1, -0.05) is 38.5 Å². The van der Waals surface area contributed by atoms with Gasteiger partial charge in [0.25, 0.3) is 0 Å². The topological polar surface area (TPSA) is 6.48 Å². The van der Waals surface area contributed by atoms with E-state index in [1.54, 1.807) is 0 Å². The molecule has 1 fully saturated rings. The molecule has 1 rings (SSSR count). The Balaban J connectivity index is 2.37. The number of piperazine rings is 1. The summed E-state index contributed by atoms with van der Waals surface area (Å²) < 4.78 is 4.82. The molecule has 1 saturated heterocycles. The molecule has 0 amide bonds. The molecule has 4 atom stereocenters. The van der Waals surface area contributed by atoms with Crippen molar-refractivity contribution in [2.45, 2.75) is 45.2 Å². The molecule has 0 aliphatic carbocycles. The lowest BCUT2D eigenvalue weighted by Crippen LogP contribution is -2.49. The zero-order valence-electron chi connectivity index (χ0n) is 8.74. The average Bonchev–Trinajstić information content (AvgIpc) is 2.09. The van der Waals surface area contributed by atoms with Gasteiger partial charge in [-0.15, -0.1) is 0 Å². The fourth-order valence-electron chi connectivity index (χ4n) is 1.78. The van der Waals surface area contributed by atoms with Crippen molar-refractivity contribution in [2.24, 2.45) is 0 Å². The molecule has 0 aromatic carbocycles. The van der Waals surface area contributed by atoms with Crippen molar-refractivity contribution in [3.63, 3.8) is 0 Å². The highest BCUT2D eigenvalue weighted by Crippen LogP contribution is 2.24. The highest BCUT2D eigenvalue weighted by Gasteiger charge is 2.26. The van der Waals surface area contributed by atoms with Crippen molar-refractivity contribution in [3.05, 3.63) is 0 Å². The molecule has 1 heterocycles. The minimum Gasteiger partial charge on any atom is -0.282 e. The second-order valence-corrected chi connectivity index (χ2v) is 5.37. The van der Waals surface area contributed by atoms with Crippen molar-refractivity contribution in [3.8, 4) is 0 Å². The van der Waals surface area contributed by atoms with Gasteiger partial charge in [0.15, 0.2) is 0 Å². The monoisotopic (exact) mass is 220 g/mol. The SMILES string of the molecule is CCCCC1CN(P)C(C)CN1P. The highest BCUT2D eigenvalue weighted by molar-refractivity contribution is 7.14. The zero-order chi connectivity index (χ0) is 9.84. The fourth-order valence-corrected chi connectivity index (χ4v) is 2.67. The number of unbranched alkanes of at least 4 members (excludes halogenated alkanes) is 1. The first-order valence-corrected chi connectivity index (χ1v) is 6.21. The first-order chi connectivity index (χ1) is 6.15. The molecule has 0 aromatic rings. The smallest absolute Gasteiger partial charge is 0.0261 e. The Hall–Kier alpha value is 0.780. The standard InChI is InChI=1S/C9H22N2P2/c1-3-4-5-9-7-10(12)8(2)6-11(9)13/h8-9H,3-7,12-13H2,1-2H3. The maximum atomic E-state index is 2.88. The van der Waals surface area contributed by atoms with Gasteiger partial charge in [-0.3, -0.25) is 9.34 Å². The summed E-state index contributed by atoms with van der Waals surface area (Å²) in [4.78, 5) is 0. The van der Waals surface area contributed by atoms with Crippen LogP contribution in [-0.2, 0) is 0 Å². The maximum Gasteiger partial charge on any atom is 0.0261 e. The number of rotatable bonds is 3. The van der Waals surface area contributed by atoms with Crippen LogP contribution in [0.5, 0.6) is 0 Å². The minimum atomic E-state index is 0.667. The van der Waals surface area contributed by atoms with Crippen molar-refractivity contribution in [1.82, 2.24) is 9.34 Å². The van der Waals surface area contributed by atoms with Crippen LogP contribution < -0.4 is 0 Å². The second kappa shape index (κ2) is 5.61. The third kappa shape index (κ3) is 3.44. The first kappa shape index (κ1) is 11.9. The molecule has 0 spiro atoms. The number of nitrogens with zero attached hydrogens (tertiary/aromatic N) is 2. The van der Waals surface area contributed by atoms with E-state index < -0.39 is 0 Å². The number of hydrogen-bond donors (Lipinski definition) is 0. The van der Waals surface area contributed by atoms with Gasteiger partial charge in [0.1, 0.15) is 0 Å². The van der Waals surface area contributed by atoms with E-state index in [4.69, 9.17) is 0 Å². The molecule has 0 radical (unpaired) electrons. The lowest BCUT2D eigenvalue weighted by molar-refractivity contribution is 0.165. The Bertz CT molecular complexity index is 155. The normalized spacial score (nSPS) is 32.3. The van der Waals surface area contributed by atoms with Crippen LogP contribution >= 0.6 is 18.8 Å². The largest absolute Gasteiger partial charge is 0.282 e. The quantitative estimate of drug-likeness (QED) is 0.672. The third-order valence-electron chi connectivity index (χ3n) is 2.82. The van der Waals surface area contributed by atoms with E-state index in [9.17, 15) is 0 Å². The summed E-state index contributed by atoms with van der Waals surface area (Å²) in [7, 11) is 5.72. The molecule has 0 N–H and O–H groups in total. The van der Waals surface area contributed by atoms with E-state index in [-0.39, 0.29) is 0 Å². The number of hydrogen-bond acceptors (Lipinski definition) is 2. The fraction of sp³-hybridized carbons (Fsp3) is 1.00. The molecule has 0 saturated carbocycles. The van der Waals surface area contributed by atoms with E-state index in [0.717, 1.165) is 6.04 Å². The molecule has 0 bridgehead atoms. The van der Waals surface area contributed by atoms with Gasteiger partial charge in [0.05, 0.1) is 0 Å². The average molecular weight is 220 g/mol. The third-order valence-corrected chi connectivity index (χ3v) is 4.17. The molecule has 0 aromatic heterocycles. The van der Waals surface area contributed by atoms with Gasteiger partial charge < -0.3 is 0 Å². The Morgan fingerprint density at radius 1 is 1.23 bits per heavy atom. The molecule has 2 nitrogen and oxygen atoms in total. The van der Waals surface area contributed by atoms with E-state index in [1.807, 2.05) is 0 Å². The van der Waals surface area contributed by atoms with E-state index in [1.165, 1.54) is 32.4 Å². The van der Waals surface area contributed by atoms with Crippen LogP contribution in [0.4, 0.5) is 0 Å². The Morgan fingerprint density at radius 3 is 2.54 bits per heavy atom. The summed E-state index contributed by atoms with van der Waals surface area (Å²) in [5, 5.41) is 0. The van der Waals surface area contributed by atoms with Gasteiger partial charge in [-0.25, -0.2) is 0 Å². The molecular formula is C9H22N2P2. The van der Waals surface area contributed by atoms with Crippen LogP contribution in [0.15, 0.2) is 0 Å². The van der Waals surface area contributed by atoms with Gasteiger partial charge in [-0.05, 0) is 13.3 Å². The van der Waals surface area contributed by atoms with Crippen LogP contribution in [0.2, 0.25) is 0 Å². The predicted octanol–water partition coefficient (Wildman–Crippen LogP) is 2.13. The second-order valence-electron chi connectivity index (χ2n) is 4.04. The Kier molecular flexibility index (Phi) is 5.11. The van der Waals surface area contributed by atoms with E-state index in [2.05, 4.69) is 42.0 Å². The highest BCUT2D eigenvalue weighted by atomic mass is 31.0. The predicted molar refractivity (Wildman–Crippen MR) is 65.6 cm³/mol. The summed E-state index contributed by atoms with van der Waals surface area (Å²) in [6, 6.07) is 1.40. The first-order valence-electron chi connectivity index (χ1n) is 5.17. The minimum absolute atomic E-state index is 0.667. The maximum absolute atomic E-state index is 2.88. The molecule has 1 aliphatic heterocycles. The molecular weight excluding hydrogens is 198 g/mol. The molecule has 4 unspecified atom stereocenters. The Morgan fingerprint density at radius 2 is 1.92 bits per heavy atom. The zero-order valence-corrected chi connectivity index (χ0v) is 11.0. The molecule has 13 heavy (non-hydrogen) atoms. The van der Waals surface area contributed by atoms with Crippen LogP contribution in [0.25, 0.3) is 0 Å². The summed E-state index contributed by atoms with van der Waals surface area (Å²) in [5.74, 6) is 0. The summed E-state index contributed by atoms with van der Waals surface area (Å²) >= 11 is 0. The van der Waals surface area contributed by atoms with Crippen molar-refractivity contribution in [1.29, 1.82) is 0 Å². The van der Waals surface area contributed by atoms with Crippen LogP contribution in [0.3, 0.4) is 0 Å². The van der Waals surface area contributed by atoms with Crippen LogP contribution in [0.1, 0.15) is 33.1 Å². The van der Waals surface area contributed by atoms with Gasteiger partial charge in [-0.2, -0.15) is 0 Å². The van der Waals surface area contributed by atoms with Crippen LogP contribution in [0, 0.1) is 0 Å². The van der Waals surface area contributed by atoms with E-state index in [0.29, 0.717) is 6.04 Å².